The zero-order chi connectivity index (χ0) is 21.1. The summed E-state index contributed by atoms with van der Waals surface area (Å²) in [5, 5.41) is 6.64. The molecule has 6 nitrogen and oxygen atoms in total. The molecule has 0 saturated carbocycles. The van der Waals surface area contributed by atoms with Gasteiger partial charge in [0.1, 0.15) is 23.9 Å². The number of aryl methyl sites for hydroxylation is 1. The second-order valence-electron chi connectivity index (χ2n) is 6.82. The highest BCUT2D eigenvalue weighted by Crippen LogP contribution is 2.23. The Morgan fingerprint density at radius 2 is 1.93 bits per heavy atom. The van der Waals surface area contributed by atoms with E-state index in [1.54, 1.807) is 22.9 Å². The van der Waals surface area contributed by atoms with Crippen LogP contribution in [0.4, 0.5) is 8.78 Å². The van der Waals surface area contributed by atoms with E-state index in [9.17, 15) is 13.6 Å². The van der Waals surface area contributed by atoms with E-state index in [4.69, 9.17) is 4.52 Å². The molecule has 1 N–H and O–H groups in total. The van der Waals surface area contributed by atoms with Crippen molar-refractivity contribution in [3.63, 3.8) is 0 Å². The van der Waals surface area contributed by atoms with Crippen LogP contribution in [0.25, 0.3) is 23.0 Å². The van der Waals surface area contributed by atoms with Crippen LogP contribution in [0.5, 0.6) is 0 Å². The van der Waals surface area contributed by atoms with Gasteiger partial charge in [-0.3, -0.25) is 4.79 Å². The first-order chi connectivity index (χ1) is 14.5. The Morgan fingerprint density at radius 3 is 2.70 bits per heavy atom. The van der Waals surface area contributed by atoms with Crippen LogP contribution in [0, 0.1) is 18.6 Å². The fourth-order valence-corrected chi connectivity index (χ4v) is 2.96. The van der Waals surface area contributed by atoms with Crippen molar-refractivity contribution < 1.29 is 18.1 Å². The van der Waals surface area contributed by atoms with Gasteiger partial charge in [0.05, 0.1) is 0 Å². The molecule has 2 aromatic carbocycles. The Morgan fingerprint density at radius 1 is 1.13 bits per heavy atom. The predicted octanol–water partition coefficient (Wildman–Crippen LogP) is 4.11. The molecule has 0 radical (unpaired) electrons. The molecule has 0 atom stereocenters. The zero-order valence-corrected chi connectivity index (χ0v) is 16.1. The van der Waals surface area contributed by atoms with Gasteiger partial charge in [0.25, 0.3) is 5.89 Å². The van der Waals surface area contributed by atoms with E-state index in [1.807, 2.05) is 31.2 Å². The van der Waals surface area contributed by atoms with Crippen LogP contribution in [0.3, 0.4) is 0 Å². The van der Waals surface area contributed by atoms with Crippen LogP contribution in [0.2, 0.25) is 0 Å². The van der Waals surface area contributed by atoms with E-state index in [0.717, 1.165) is 23.3 Å². The van der Waals surface area contributed by atoms with Crippen LogP contribution >= 0.6 is 0 Å². The Balaban J connectivity index is 1.44. The summed E-state index contributed by atoms with van der Waals surface area (Å²) in [7, 11) is 0. The number of amides is 1. The topological polar surface area (TPSA) is 73.0 Å². The van der Waals surface area contributed by atoms with Gasteiger partial charge in [-0.25, -0.2) is 8.78 Å². The number of hydrogen-bond acceptors (Lipinski definition) is 4. The summed E-state index contributed by atoms with van der Waals surface area (Å²) in [6.45, 7) is 1.93. The van der Waals surface area contributed by atoms with Gasteiger partial charge in [0.2, 0.25) is 11.7 Å². The molecule has 0 aliphatic heterocycles. The van der Waals surface area contributed by atoms with E-state index in [0.29, 0.717) is 11.5 Å². The van der Waals surface area contributed by atoms with Crippen molar-refractivity contribution in [2.24, 2.45) is 0 Å². The highest BCUT2D eigenvalue weighted by atomic mass is 19.1. The maximum Gasteiger partial charge on any atom is 0.274 e. The number of hydrogen-bond donors (Lipinski definition) is 1. The van der Waals surface area contributed by atoms with Gasteiger partial charge in [-0.05, 0) is 25.1 Å². The molecular formula is C22H18F2N4O2. The smallest absolute Gasteiger partial charge is 0.274 e. The number of carbonyl (C=O) groups excluding carboxylic acids is 1. The van der Waals surface area contributed by atoms with E-state index in [-0.39, 0.29) is 30.5 Å². The van der Waals surface area contributed by atoms with Crippen LogP contribution in [-0.2, 0) is 17.9 Å². The predicted molar refractivity (Wildman–Crippen MR) is 106 cm³/mol. The third-order valence-electron chi connectivity index (χ3n) is 4.59. The number of nitrogens with zero attached hydrogens (tertiary/aromatic N) is 3. The Hall–Kier alpha value is -3.81. The van der Waals surface area contributed by atoms with Crippen molar-refractivity contribution in [3.8, 4) is 23.0 Å². The van der Waals surface area contributed by atoms with Crippen molar-refractivity contribution in [2.75, 3.05) is 0 Å². The van der Waals surface area contributed by atoms with Gasteiger partial charge in [-0.1, -0.05) is 41.1 Å². The maximum absolute atomic E-state index is 13.7. The molecule has 0 aliphatic rings. The summed E-state index contributed by atoms with van der Waals surface area (Å²) in [5.41, 5.74) is 2.75. The van der Waals surface area contributed by atoms with Crippen LogP contribution in [0.1, 0.15) is 11.1 Å². The number of halogens is 2. The van der Waals surface area contributed by atoms with E-state index in [2.05, 4.69) is 15.5 Å². The first kappa shape index (κ1) is 19.5. The van der Waals surface area contributed by atoms with Gasteiger partial charge in [-0.15, -0.1) is 0 Å². The van der Waals surface area contributed by atoms with Crippen LogP contribution in [-0.4, -0.2) is 20.6 Å². The molecule has 152 valence electrons. The normalized spacial score (nSPS) is 10.9. The lowest BCUT2D eigenvalue weighted by atomic mass is 10.1. The summed E-state index contributed by atoms with van der Waals surface area (Å²) in [5.74, 6) is -0.966. The average Bonchev–Trinajstić information content (AvgIpc) is 3.37. The molecule has 0 bridgehead atoms. The SMILES string of the molecule is Cc1ccc(-c2noc(-c3cccn3CC(=O)NCc3ccc(F)cc3F)n2)cc1. The molecule has 0 unspecified atom stereocenters. The average molecular weight is 408 g/mol. The second kappa shape index (κ2) is 8.28. The van der Waals surface area contributed by atoms with Crippen molar-refractivity contribution in [3.05, 3.63) is 83.6 Å². The van der Waals surface area contributed by atoms with E-state index >= 15 is 0 Å². The molecule has 0 saturated heterocycles. The third-order valence-corrected chi connectivity index (χ3v) is 4.59. The van der Waals surface area contributed by atoms with Crippen molar-refractivity contribution in [1.29, 1.82) is 0 Å². The minimum Gasteiger partial charge on any atom is -0.350 e. The molecule has 0 spiro atoms. The quantitative estimate of drug-likeness (QED) is 0.521. The standard InChI is InChI=1S/C22H18F2N4O2/c1-14-4-6-15(7-5-14)21-26-22(30-27-21)19-3-2-10-28(19)13-20(29)25-12-16-8-9-17(23)11-18(16)24/h2-11H,12-13H2,1H3,(H,25,29). The first-order valence-electron chi connectivity index (χ1n) is 9.26. The Kier molecular flexibility index (Phi) is 5.38. The fraction of sp³-hybridized carbons (Fsp3) is 0.136. The molecule has 1 amide bonds. The minimum absolute atomic E-state index is 0.0204. The summed E-state index contributed by atoms with van der Waals surface area (Å²) >= 11 is 0. The number of nitrogens with one attached hydrogen (secondary N) is 1. The molecule has 0 aliphatic carbocycles. The molecular weight excluding hydrogens is 390 g/mol. The summed E-state index contributed by atoms with van der Waals surface area (Å²) in [6.07, 6.45) is 1.71. The Bertz CT molecular complexity index is 1180. The molecule has 2 aromatic heterocycles. The monoisotopic (exact) mass is 408 g/mol. The van der Waals surface area contributed by atoms with E-state index < -0.39 is 11.6 Å². The molecule has 30 heavy (non-hydrogen) atoms. The number of carbonyl (C=O) groups is 1. The van der Waals surface area contributed by atoms with Crippen molar-refractivity contribution in [1.82, 2.24) is 20.0 Å². The first-order valence-corrected chi connectivity index (χ1v) is 9.26. The fourth-order valence-electron chi connectivity index (χ4n) is 2.96. The van der Waals surface area contributed by atoms with Crippen molar-refractivity contribution >= 4 is 5.91 Å². The summed E-state index contributed by atoms with van der Waals surface area (Å²) < 4.78 is 33.7. The van der Waals surface area contributed by atoms with Crippen LogP contribution < -0.4 is 5.32 Å². The number of benzene rings is 2. The lowest BCUT2D eigenvalue weighted by Gasteiger charge is -2.09. The second-order valence-corrected chi connectivity index (χ2v) is 6.82. The molecule has 2 heterocycles. The van der Waals surface area contributed by atoms with Gasteiger partial charge < -0.3 is 14.4 Å². The minimum atomic E-state index is -0.702. The highest BCUT2D eigenvalue weighted by molar-refractivity contribution is 5.76. The van der Waals surface area contributed by atoms with Crippen molar-refractivity contribution in [2.45, 2.75) is 20.0 Å². The maximum atomic E-state index is 13.7. The van der Waals surface area contributed by atoms with Crippen LogP contribution in [0.15, 0.2) is 65.3 Å². The van der Waals surface area contributed by atoms with Gasteiger partial charge in [-0.2, -0.15) is 4.98 Å². The Labute approximate surface area is 171 Å². The zero-order valence-electron chi connectivity index (χ0n) is 16.1. The molecule has 0 fully saturated rings. The summed E-state index contributed by atoms with van der Waals surface area (Å²) in [6, 6.07) is 14.5. The van der Waals surface area contributed by atoms with Gasteiger partial charge in [0.15, 0.2) is 0 Å². The highest BCUT2D eigenvalue weighted by Gasteiger charge is 2.16. The number of aromatic nitrogens is 3. The lowest BCUT2D eigenvalue weighted by molar-refractivity contribution is -0.121. The number of rotatable bonds is 6. The third kappa shape index (κ3) is 4.27. The molecule has 8 heteroatoms. The largest absolute Gasteiger partial charge is 0.350 e. The van der Waals surface area contributed by atoms with Gasteiger partial charge >= 0.3 is 0 Å². The molecule has 4 aromatic rings. The molecule has 4 rings (SSSR count). The van der Waals surface area contributed by atoms with Gasteiger partial charge in [0, 0.05) is 29.9 Å². The van der Waals surface area contributed by atoms with E-state index in [1.165, 1.54) is 6.07 Å². The summed E-state index contributed by atoms with van der Waals surface area (Å²) in [4.78, 5) is 16.7. The lowest BCUT2D eigenvalue weighted by Crippen LogP contribution is -2.27.